The summed E-state index contributed by atoms with van der Waals surface area (Å²) in [5, 5.41) is 12.2. The van der Waals surface area contributed by atoms with Crippen molar-refractivity contribution in [1.29, 1.82) is 0 Å². The van der Waals surface area contributed by atoms with E-state index in [1.807, 2.05) is 42.5 Å². The van der Waals surface area contributed by atoms with Gasteiger partial charge >= 0.3 is 0 Å². The highest BCUT2D eigenvalue weighted by atomic mass is 16.5. The fraction of sp³-hybridized carbons (Fsp3) is 0.239. The number of aromatic nitrogens is 1. The molecule has 3 aliphatic rings. The second-order valence-corrected chi connectivity index (χ2v) is 14.4. The predicted octanol–water partition coefficient (Wildman–Crippen LogP) is 6.55. The maximum absolute atomic E-state index is 13.2. The van der Waals surface area contributed by atoms with Gasteiger partial charge in [-0.1, -0.05) is 61.5 Å². The molecule has 8 rings (SSSR count). The number of nitrogens with zero attached hydrogens (tertiary/aromatic N) is 4. The van der Waals surface area contributed by atoms with E-state index in [0.29, 0.717) is 18.1 Å². The Morgan fingerprint density at radius 1 is 0.759 bits per heavy atom. The van der Waals surface area contributed by atoms with Crippen LogP contribution in [0.1, 0.15) is 63.6 Å². The third-order valence-electron chi connectivity index (χ3n) is 10.8. The summed E-state index contributed by atoms with van der Waals surface area (Å²) in [7, 11) is 0. The van der Waals surface area contributed by atoms with E-state index in [0.717, 1.165) is 72.3 Å². The van der Waals surface area contributed by atoms with Crippen molar-refractivity contribution >= 4 is 40.6 Å². The molecule has 1 unspecified atom stereocenters. The van der Waals surface area contributed by atoms with Crippen molar-refractivity contribution in [3.63, 3.8) is 0 Å². The highest BCUT2D eigenvalue weighted by Gasteiger charge is 2.44. The molecule has 1 atom stereocenters. The Bertz CT molecular complexity index is 2360. The summed E-state index contributed by atoms with van der Waals surface area (Å²) in [6.45, 7) is 6.86. The van der Waals surface area contributed by atoms with Gasteiger partial charge in [0, 0.05) is 39.1 Å². The van der Waals surface area contributed by atoms with Crippen LogP contribution in [0.2, 0.25) is 0 Å². The SMILES string of the molecule is CCC(=C(c1ccc(O)cc1)c1ccc(OCCN2CCN(c3ccc(Oc4ccc5c(c4)C(=O)N(C4CCC(=O)NC4=O)C5=O)cn3)CC2)cc1)c1ccccc1. The van der Waals surface area contributed by atoms with Crippen LogP contribution in [-0.4, -0.2) is 88.9 Å². The lowest BCUT2D eigenvalue weighted by molar-refractivity contribution is -0.136. The Hall–Kier alpha value is -6.79. The minimum atomic E-state index is -1.03. The van der Waals surface area contributed by atoms with E-state index in [4.69, 9.17) is 9.47 Å². The Balaban J connectivity index is 0.828. The number of imide groups is 2. The fourth-order valence-electron chi connectivity index (χ4n) is 7.79. The summed E-state index contributed by atoms with van der Waals surface area (Å²) in [5.41, 5.74) is 6.00. The molecule has 0 aliphatic carbocycles. The van der Waals surface area contributed by atoms with Gasteiger partial charge in [-0.15, -0.1) is 0 Å². The maximum atomic E-state index is 13.2. The van der Waals surface area contributed by atoms with Gasteiger partial charge in [-0.3, -0.25) is 34.3 Å². The number of carbonyl (C=O) groups excluding carboxylic acids is 4. The largest absolute Gasteiger partial charge is 0.508 e. The molecule has 294 valence electrons. The van der Waals surface area contributed by atoms with Gasteiger partial charge in [0.05, 0.1) is 17.3 Å². The molecule has 2 N–H and O–H groups in total. The zero-order chi connectivity index (χ0) is 40.2. The Labute approximate surface area is 336 Å². The van der Waals surface area contributed by atoms with Crippen LogP contribution in [0, 0.1) is 0 Å². The van der Waals surface area contributed by atoms with Crippen molar-refractivity contribution in [2.45, 2.75) is 32.2 Å². The number of hydrogen-bond acceptors (Lipinski definition) is 10. The second kappa shape index (κ2) is 16.7. The standard InChI is InChI=1S/C46H43N5O7/c1-2-37(30-6-4-3-5-7-30)43(31-8-12-33(52)13-9-31)32-10-14-34(15-11-32)57-27-26-49-22-24-50(25-23-49)41-20-17-36(29-47-41)58-35-16-18-38-39(28-35)46(56)51(45(38)55)40-19-21-42(53)48-44(40)54/h3-18,20,28-29,40,52H,2,19,21-27H2,1H3,(H,48,53,54). The van der Waals surface area contributed by atoms with Crippen LogP contribution in [0.3, 0.4) is 0 Å². The average Bonchev–Trinajstić information content (AvgIpc) is 3.49. The van der Waals surface area contributed by atoms with Gasteiger partial charge in [-0.25, -0.2) is 4.98 Å². The smallest absolute Gasteiger partial charge is 0.262 e. The number of phenolic OH excluding ortho intramolecular Hbond substituents is 1. The third kappa shape index (κ3) is 8.05. The molecule has 3 aliphatic heterocycles. The average molecular weight is 778 g/mol. The van der Waals surface area contributed by atoms with Crippen molar-refractivity contribution in [3.8, 4) is 23.0 Å². The number of hydrogen-bond donors (Lipinski definition) is 2. The van der Waals surface area contributed by atoms with Crippen LogP contribution in [0.4, 0.5) is 5.82 Å². The molecule has 0 bridgehead atoms. The van der Waals surface area contributed by atoms with Gasteiger partial charge in [0.25, 0.3) is 11.8 Å². The topological polar surface area (TPSA) is 142 Å². The van der Waals surface area contributed by atoms with E-state index < -0.39 is 29.7 Å². The molecule has 4 amide bonds. The van der Waals surface area contributed by atoms with Crippen LogP contribution >= 0.6 is 0 Å². The molecule has 0 radical (unpaired) electrons. The minimum Gasteiger partial charge on any atom is -0.508 e. The normalized spacial score (nSPS) is 17.5. The Morgan fingerprint density at radius 3 is 2.10 bits per heavy atom. The van der Waals surface area contributed by atoms with Crippen molar-refractivity contribution in [1.82, 2.24) is 20.1 Å². The lowest BCUT2D eigenvalue weighted by Crippen LogP contribution is -2.54. The molecule has 12 heteroatoms. The number of pyridine rings is 1. The van der Waals surface area contributed by atoms with Crippen LogP contribution in [-0.2, 0) is 9.59 Å². The summed E-state index contributed by atoms with van der Waals surface area (Å²) in [6, 6.07) is 33.3. The molecule has 0 spiro atoms. The number of phenols is 1. The maximum Gasteiger partial charge on any atom is 0.262 e. The highest BCUT2D eigenvalue weighted by molar-refractivity contribution is 6.23. The fourth-order valence-corrected chi connectivity index (χ4v) is 7.79. The van der Waals surface area contributed by atoms with Crippen molar-refractivity contribution in [3.05, 3.63) is 143 Å². The predicted molar refractivity (Wildman–Crippen MR) is 219 cm³/mol. The van der Waals surface area contributed by atoms with Gasteiger partial charge in [-0.05, 0) is 95.3 Å². The molecule has 4 aromatic carbocycles. The van der Waals surface area contributed by atoms with E-state index >= 15 is 0 Å². The molecule has 58 heavy (non-hydrogen) atoms. The van der Waals surface area contributed by atoms with Gasteiger partial charge in [0.15, 0.2) is 0 Å². The van der Waals surface area contributed by atoms with Crippen LogP contribution in [0.5, 0.6) is 23.0 Å². The number of aromatic hydroxyl groups is 1. The molecular weight excluding hydrogens is 735 g/mol. The summed E-state index contributed by atoms with van der Waals surface area (Å²) in [6.07, 6.45) is 2.63. The number of benzene rings is 4. The summed E-state index contributed by atoms with van der Waals surface area (Å²) >= 11 is 0. The highest BCUT2D eigenvalue weighted by Crippen LogP contribution is 2.36. The number of carbonyl (C=O) groups is 4. The number of nitrogens with one attached hydrogen (secondary N) is 1. The molecule has 12 nitrogen and oxygen atoms in total. The first-order valence-electron chi connectivity index (χ1n) is 19.5. The van der Waals surface area contributed by atoms with Gasteiger partial charge in [0.2, 0.25) is 11.8 Å². The first-order chi connectivity index (χ1) is 28.2. The number of piperazine rings is 1. The summed E-state index contributed by atoms with van der Waals surface area (Å²) < 4.78 is 12.2. The molecule has 1 aromatic heterocycles. The van der Waals surface area contributed by atoms with E-state index in [1.54, 1.807) is 24.4 Å². The third-order valence-corrected chi connectivity index (χ3v) is 10.8. The lowest BCUT2D eigenvalue weighted by Gasteiger charge is -2.35. The minimum absolute atomic E-state index is 0.0581. The van der Waals surface area contributed by atoms with Crippen molar-refractivity contribution in [2.24, 2.45) is 0 Å². The van der Waals surface area contributed by atoms with Gasteiger partial charge < -0.3 is 19.5 Å². The Morgan fingerprint density at radius 2 is 1.43 bits per heavy atom. The van der Waals surface area contributed by atoms with E-state index in [1.165, 1.54) is 23.3 Å². The number of piperidine rings is 1. The number of allylic oxidation sites excluding steroid dienone is 1. The zero-order valence-corrected chi connectivity index (χ0v) is 32.1. The number of amides is 4. The summed E-state index contributed by atoms with van der Waals surface area (Å²) in [5.74, 6) is 0.485. The second-order valence-electron chi connectivity index (χ2n) is 14.4. The number of rotatable bonds is 12. The molecule has 4 heterocycles. The van der Waals surface area contributed by atoms with E-state index in [9.17, 15) is 24.3 Å². The van der Waals surface area contributed by atoms with Crippen LogP contribution in [0.15, 0.2) is 115 Å². The monoisotopic (exact) mass is 777 g/mol. The first kappa shape index (κ1) is 38.1. The van der Waals surface area contributed by atoms with Crippen molar-refractivity contribution < 1.29 is 33.8 Å². The summed E-state index contributed by atoms with van der Waals surface area (Å²) in [4.78, 5) is 60.3. The van der Waals surface area contributed by atoms with Gasteiger partial charge in [-0.2, -0.15) is 0 Å². The first-order valence-corrected chi connectivity index (χ1v) is 19.5. The Kier molecular flexibility index (Phi) is 11.0. The number of anilines is 1. The molecular formula is C46H43N5O7. The van der Waals surface area contributed by atoms with Crippen LogP contribution < -0.4 is 19.7 Å². The molecule has 0 saturated carbocycles. The van der Waals surface area contributed by atoms with E-state index in [-0.39, 0.29) is 29.7 Å². The van der Waals surface area contributed by atoms with Crippen LogP contribution in [0.25, 0.3) is 11.1 Å². The number of fused-ring (bicyclic) bond motifs is 1. The molecule has 5 aromatic rings. The zero-order valence-electron chi connectivity index (χ0n) is 32.1. The van der Waals surface area contributed by atoms with Gasteiger partial charge in [0.1, 0.15) is 41.5 Å². The quantitative estimate of drug-likeness (QED) is 0.106. The molecule has 2 fully saturated rings. The molecule has 2 saturated heterocycles. The van der Waals surface area contributed by atoms with Crippen molar-refractivity contribution in [2.75, 3.05) is 44.2 Å². The van der Waals surface area contributed by atoms with E-state index in [2.05, 4.69) is 63.4 Å². The lowest BCUT2D eigenvalue weighted by atomic mass is 9.88. The number of ether oxygens (including phenoxy) is 2.